The Kier molecular flexibility index (Phi) is 7.03. The number of hydrogen-bond donors (Lipinski definition) is 2. The molecule has 0 fully saturated rings. The van der Waals surface area contributed by atoms with Crippen molar-refractivity contribution in [2.45, 2.75) is 32.0 Å². The summed E-state index contributed by atoms with van der Waals surface area (Å²) in [6.45, 7) is 1.28. The number of carbonyl (C=O) groups excluding carboxylic acids is 1. The molecule has 150 valence electrons. The van der Waals surface area contributed by atoms with Gasteiger partial charge in [-0.15, -0.1) is 0 Å². The molecular weight excluding hydrogens is 375 g/mol. The summed E-state index contributed by atoms with van der Waals surface area (Å²) in [6.07, 6.45) is -5.55. The maximum Gasteiger partial charge on any atom is 0.389 e. The lowest BCUT2D eigenvalue weighted by Gasteiger charge is -2.17. The number of rotatable bonds is 8. The van der Waals surface area contributed by atoms with Crippen LogP contribution in [0.4, 0.5) is 13.2 Å². The van der Waals surface area contributed by atoms with Crippen LogP contribution in [0.1, 0.15) is 40.9 Å². The molecular formula is C20H20F3NO4. The van der Waals surface area contributed by atoms with Gasteiger partial charge >= 0.3 is 12.1 Å². The van der Waals surface area contributed by atoms with Gasteiger partial charge in [0, 0.05) is 12.0 Å². The monoisotopic (exact) mass is 395 g/mol. The second-order valence-electron chi connectivity index (χ2n) is 6.22. The molecule has 0 aliphatic heterocycles. The molecule has 2 rings (SSSR count). The largest absolute Gasteiger partial charge is 0.482 e. The van der Waals surface area contributed by atoms with Crippen molar-refractivity contribution < 1.29 is 32.6 Å². The van der Waals surface area contributed by atoms with Gasteiger partial charge in [-0.1, -0.05) is 30.3 Å². The second kappa shape index (κ2) is 9.25. The average molecular weight is 395 g/mol. The van der Waals surface area contributed by atoms with Crippen LogP contribution in [0.2, 0.25) is 0 Å². The van der Waals surface area contributed by atoms with Crippen molar-refractivity contribution >= 4 is 11.9 Å². The van der Waals surface area contributed by atoms with Crippen molar-refractivity contribution in [2.24, 2.45) is 0 Å². The molecule has 1 amide bonds. The molecule has 0 heterocycles. The highest BCUT2D eigenvalue weighted by Crippen LogP contribution is 2.24. The van der Waals surface area contributed by atoms with Crippen LogP contribution in [0.5, 0.6) is 5.75 Å². The number of carboxylic acid groups (broad SMARTS) is 1. The smallest absolute Gasteiger partial charge is 0.389 e. The van der Waals surface area contributed by atoms with Crippen molar-refractivity contribution in [2.75, 3.05) is 6.61 Å². The first-order valence-electron chi connectivity index (χ1n) is 8.56. The second-order valence-corrected chi connectivity index (χ2v) is 6.22. The number of carboxylic acids is 1. The number of carbonyl (C=O) groups is 2. The molecule has 2 aromatic rings. The summed E-state index contributed by atoms with van der Waals surface area (Å²) in [4.78, 5) is 23.0. The van der Waals surface area contributed by atoms with Gasteiger partial charge in [0.2, 0.25) is 0 Å². The van der Waals surface area contributed by atoms with E-state index < -0.39 is 37.1 Å². The Balaban J connectivity index is 2.03. The van der Waals surface area contributed by atoms with Crippen molar-refractivity contribution in [1.29, 1.82) is 0 Å². The van der Waals surface area contributed by atoms with E-state index >= 15 is 0 Å². The van der Waals surface area contributed by atoms with E-state index in [4.69, 9.17) is 9.84 Å². The fraction of sp³-hybridized carbons (Fsp3) is 0.300. The minimum absolute atomic E-state index is 0.208. The number of aryl methyl sites for hydroxylation is 1. The molecule has 1 atom stereocenters. The highest BCUT2D eigenvalue weighted by Gasteiger charge is 2.27. The summed E-state index contributed by atoms with van der Waals surface area (Å²) < 4.78 is 42.5. The first-order chi connectivity index (χ1) is 13.2. The van der Waals surface area contributed by atoms with Gasteiger partial charge in [0.25, 0.3) is 5.91 Å². The van der Waals surface area contributed by atoms with E-state index in [-0.39, 0.29) is 12.0 Å². The summed E-state index contributed by atoms with van der Waals surface area (Å²) in [5, 5.41) is 11.4. The molecule has 28 heavy (non-hydrogen) atoms. The zero-order chi connectivity index (χ0) is 20.7. The maximum atomic E-state index is 12.5. The lowest BCUT2D eigenvalue weighted by molar-refractivity contribution is -0.139. The Bertz CT molecular complexity index is 819. The van der Waals surface area contributed by atoms with Gasteiger partial charge < -0.3 is 15.2 Å². The fourth-order valence-electron chi connectivity index (χ4n) is 2.59. The number of ether oxygens (including phenoxy) is 1. The quantitative estimate of drug-likeness (QED) is 0.705. The zero-order valence-corrected chi connectivity index (χ0v) is 15.1. The van der Waals surface area contributed by atoms with Gasteiger partial charge in [-0.3, -0.25) is 4.79 Å². The van der Waals surface area contributed by atoms with Crippen LogP contribution >= 0.6 is 0 Å². The van der Waals surface area contributed by atoms with Gasteiger partial charge in [0.05, 0.1) is 6.04 Å². The number of hydrogen-bond acceptors (Lipinski definition) is 3. The van der Waals surface area contributed by atoms with E-state index in [0.29, 0.717) is 11.3 Å². The van der Waals surface area contributed by atoms with E-state index in [1.54, 1.807) is 43.3 Å². The molecule has 0 bridgehead atoms. The van der Waals surface area contributed by atoms with Gasteiger partial charge in [0.15, 0.2) is 6.61 Å². The van der Waals surface area contributed by atoms with E-state index in [2.05, 4.69) is 5.32 Å². The molecule has 0 spiro atoms. The summed E-state index contributed by atoms with van der Waals surface area (Å²) in [5.41, 5.74) is 1.28. The molecule has 0 saturated carbocycles. The van der Waals surface area contributed by atoms with Crippen LogP contribution in [-0.4, -0.2) is 29.8 Å². The van der Waals surface area contributed by atoms with Crippen molar-refractivity contribution in [3.8, 4) is 5.75 Å². The van der Waals surface area contributed by atoms with Crippen LogP contribution in [0.15, 0.2) is 48.5 Å². The third-order valence-corrected chi connectivity index (χ3v) is 4.03. The predicted octanol–water partition coefficient (Wildman–Crippen LogP) is 4.14. The predicted molar refractivity (Wildman–Crippen MR) is 96.3 cm³/mol. The van der Waals surface area contributed by atoms with Crippen LogP contribution in [0.3, 0.4) is 0 Å². The highest BCUT2D eigenvalue weighted by molar-refractivity contribution is 5.95. The SMILES string of the molecule is CC(NC(=O)c1ccccc1CCC(F)(F)F)c1ccc(OCC(=O)O)cc1. The van der Waals surface area contributed by atoms with Gasteiger partial charge in [0.1, 0.15) is 5.75 Å². The van der Waals surface area contributed by atoms with Crippen molar-refractivity contribution in [3.63, 3.8) is 0 Å². The Morgan fingerprint density at radius 1 is 1.11 bits per heavy atom. The summed E-state index contributed by atoms with van der Waals surface area (Å²) in [6, 6.07) is 12.3. The summed E-state index contributed by atoms with van der Waals surface area (Å²) in [7, 11) is 0. The molecule has 8 heteroatoms. The maximum absolute atomic E-state index is 12.5. The van der Waals surface area contributed by atoms with E-state index in [1.165, 1.54) is 12.1 Å². The Morgan fingerprint density at radius 2 is 1.75 bits per heavy atom. The van der Waals surface area contributed by atoms with Crippen LogP contribution in [0.25, 0.3) is 0 Å². The topological polar surface area (TPSA) is 75.6 Å². The van der Waals surface area contributed by atoms with Gasteiger partial charge in [-0.25, -0.2) is 4.79 Å². The number of alkyl halides is 3. The molecule has 0 aliphatic carbocycles. The molecule has 2 N–H and O–H groups in total. The van der Waals surface area contributed by atoms with Gasteiger partial charge in [-0.05, 0) is 42.7 Å². The third kappa shape index (κ3) is 6.61. The lowest BCUT2D eigenvalue weighted by Crippen LogP contribution is -2.27. The molecule has 2 aromatic carbocycles. The van der Waals surface area contributed by atoms with Crippen molar-refractivity contribution in [1.82, 2.24) is 5.32 Å². The number of benzene rings is 2. The summed E-state index contributed by atoms with van der Waals surface area (Å²) >= 11 is 0. The first-order valence-corrected chi connectivity index (χ1v) is 8.56. The minimum Gasteiger partial charge on any atom is -0.482 e. The molecule has 0 aromatic heterocycles. The third-order valence-electron chi connectivity index (χ3n) is 4.03. The van der Waals surface area contributed by atoms with E-state index in [9.17, 15) is 22.8 Å². The number of amides is 1. The van der Waals surface area contributed by atoms with Crippen molar-refractivity contribution in [3.05, 3.63) is 65.2 Å². The van der Waals surface area contributed by atoms with Crippen LogP contribution in [-0.2, 0) is 11.2 Å². The number of halogens is 3. The number of nitrogens with one attached hydrogen (secondary N) is 1. The lowest BCUT2D eigenvalue weighted by atomic mass is 10.0. The first kappa shape index (κ1) is 21.3. The standard InChI is InChI=1S/C20H20F3NO4/c1-13(14-6-8-16(9-7-14)28-12-18(25)26)24-19(27)17-5-3-2-4-15(17)10-11-20(21,22)23/h2-9,13H,10-12H2,1H3,(H,24,27)(H,25,26). The Labute approximate surface area is 160 Å². The van der Waals surface area contributed by atoms with E-state index in [1.807, 2.05) is 0 Å². The molecule has 0 radical (unpaired) electrons. The van der Waals surface area contributed by atoms with Gasteiger partial charge in [-0.2, -0.15) is 13.2 Å². The normalized spacial score (nSPS) is 12.3. The summed E-state index contributed by atoms with van der Waals surface area (Å²) in [5.74, 6) is -1.17. The number of aliphatic carboxylic acids is 1. The van der Waals surface area contributed by atoms with Crippen LogP contribution in [0, 0.1) is 0 Å². The van der Waals surface area contributed by atoms with Crippen LogP contribution < -0.4 is 10.1 Å². The Hall–Kier alpha value is -3.03. The minimum atomic E-state index is -4.29. The molecule has 0 aliphatic rings. The molecule has 0 saturated heterocycles. The zero-order valence-electron chi connectivity index (χ0n) is 15.1. The molecule has 5 nitrogen and oxygen atoms in total. The highest BCUT2D eigenvalue weighted by atomic mass is 19.4. The fourth-order valence-corrected chi connectivity index (χ4v) is 2.59. The Morgan fingerprint density at radius 3 is 2.36 bits per heavy atom. The van der Waals surface area contributed by atoms with E-state index in [0.717, 1.165) is 5.56 Å². The average Bonchev–Trinajstić information content (AvgIpc) is 2.64. The molecule has 1 unspecified atom stereocenters.